The van der Waals surface area contributed by atoms with Gasteiger partial charge in [-0.25, -0.2) is 13.1 Å². The number of rotatable bonds is 12. The Bertz CT molecular complexity index is 1290. The zero-order chi connectivity index (χ0) is 28.6. The number of benzene rings is 1. The molecule has 0 saturated heterocycles. The molecule has 3 rings (SSSR count). The number of nitrogens with one attached hydrogen (secondary N) is 1. The minimum Gasteiger partial charge on any atom is -0.469 e. The highest BCUT2D eigenvalue weighted by Crippen LogP contribution is 2.28. The number of carbonyl (C=O) groups excluding carboxylic acids is 1. The summed E-state index contributed by atoms with van der Waals surface area (Å²) >= 11 is 0. The van der Waals surface area contributed by atoms with Crippen LogP contribution in [0.15, 0.2) is 52.5 Å². The van der Waals surface area contributed by atoms with Gasteiger partial charge in [0.1, 0.15) is 6.10 Å². The van der Waals surface area contributed by atoms with Gasteiger partial charge in [-0.1, -0.05) is 41.9 Å². The summed E-state index contributed by atoms with van der Waals surface area (Å²) in [5.41, 5.74) is 5.42. The number of fused-ring (bicyclic) bond motifs is 1. The number of hydrogen-bond donors (Lipinski definition) is 1. The first kappa shape index (κ1) is 30.3. The quantitative estimate of drug-likeness (QED) is 0.180. The third-order valence-electron chi connectivity index (χ3n) is 6.79. The summed E-state index contributed by atoms with van der Waals surface area (Å²) in [6.07, 6.45) is 6.72. The lowest BCUT2D eigenvalue weighted by molar-refractivity contribution is -0.139. The summed E-state index contributed by atoms with van der Waals surface area (Å²) in [4.78, 5) is 24.5. The summed E-state index contributed by atoms with van der Waals surface area (Å²) < 4.78 is 33.6. The predicted molar refractivity (Wildman–Crippen MR) is 154 cm³/mol. The fourth-order valence-electron chi connectivity index (χ4n) is 4.31. The fourth-order valence-corrected chi connectivity index (χ4v) is 5.58. The van der Waals surface area contributed by atoms with Gasteiger partial charge in [-0.2, -0.15) is 0 Å². The van der Waals surface area contributed by atoms with Crippen LogP contribution in [0.2, 0.25) is 0 Å². The number of nitrogens with zero attached hydrogens (tertiary/aromatic N) is 3. The Hall–Kier alpha value is -3.24. The molecular formula is C29H40N4O5S. The molecule has 1 aliphatic heterocycles. The van der Waals surface area contributed by atoms with E-state index in [1.165, 1.54) is 13.3 Å². The summed E-state index contributed by atoms with van der Waals surface area (Å²) in [5, 5.41) is 4.18. The van der Waals surface area contributed by atoms with Gasteiger partial charge in [0.2, 0.25) is 10.0 Å². The molecule has 1 aromatic heterocycles. The zero-order valence-corrected chi connectivity index (χ0v) is 24.5. The van der Waals surface area contributed by atoms with Crippen molar-refractivity contribution in [3.63, 3.8) is 0 Å². The van der Waals surface area contributed by atoms with Crippen molar-refractivity contribution in [1.29, 1.82) is 0 Å². The van der Waals surface area contributed by atoms with E-state index in [9.17, 15) is 13.2 Å². The lowest BCUT2D eigenvalue weighted by Gasteiger charge is -2.32. The van der Waals surface area contributed by atoms with Crippen LogP contribution < -0.4 is 9.62 Å². The minimum absolute atomic E-state index is 0.0914. The van der Waals surface area contributed by atoms with E-state index < -0.39 is 16.1 Å². The number of anilines is 1. The van der Waals surface area contributed by atoms with E-state index >= 15 is 0 Å². The highest BCUT2D eigenvalue weighted by molar-refractivity contribution is 7.89. The average Bonchev–Trinajstić information content (AvgIpc) is 2.89. The Labute approximate surface area is 232 Å². The van der Waals surface area contributed by atoms with E-state index in [1.54, 1.807) is 36.4 Å². The van der Waals surface area contributed by atoms with Gasteiger partial charge >= 0.3 is 5.97 Å². The van der Waals surface area contributed by atoms with Crippen molar-refractivity contribution in [2.45, 2.75) is 70.9 Å². The van der Waals surface area contributed by atoms with E-state index in [0.717, 1.165) is 47.6 Å². The number of esters is 1. The fraction of sp³-hybridized carbons (Fsp3) is 0.483. The molecule has 1 N–H and O–H groups in total. The number of aromatic nitrogens is 1. The Morgan fingerprint density at radius 1 is 1.21 bits per heavy atom. The number of aryl methyl sites for hydroxylation is 4. The van der Waals surface area contributed by atoms with E-state index in [1.807, 2.05) is 27.7 Å². The lowest BCUT2D eigenvalue weighted by atomic mass is 10.0. The smallest absolute Gasteiger partial charge is 0.309 e. The molecule has 0 saturated carbocycles. The predicted octanol–water partition coefficient (Wildman–Crippen LogP) is 4.25. The van der Waals surface area contributed by atoms with Gasteiger partial charge < -0.3 is 14.5 Å². The monoisotopic (exact) mass is 556 g/mol. The standard InChI is InChI=1S/C29H40N4O5S/c1-20-12-14-25(15-13-20)39(35,36)32-27(21(2)9-7-11-29(34)37-6)18-30-38-23(4)19-33-16-8-10-26-28(33)17-22(3)24(5)31-26/h7,9,12-15,17-18,21,23,27,32H,8,10-11,16,19H2,1-6H3/t21-,23?,27-/m1/s1. The first-order valence-electron chi connectivity index (χ1n) is 13.2. The van der Waals surface area contributed by atoms with Crippen LogP contribution in [0.1, 0.15) is 49.2 Å². The van der Waals surface area contributed by atoms with Gasteiger partial charge in [-0.05, 0) is 70.2 Å². The molecule has 2 heterocycles. The first-order chi connectivity index (χ1) is 18.5. The van der Waals surface area contributed by atoms with Crippen LogP contribution >= 0.6 is 0 Å². The van der Waals surface area contributed by atoms with Crippen molar-refractivity contribution in [2.24, 2.45) is 11.1 Å². The molecule has 1 unspecified atom stereocenters. The maximum Gasteiger partial charge on any atom is 0.309 e. The molecule has 0 spiro atoms. The topological polar surface area (TPSA) is 110 Å². The normalized spacial score (nSPS) is 16.2. The van der Waals surface area contributed by atoms with Crippen molar-refractivity contribution in [2.75, 3.05) is 25.1 Å². The van der Waals surface area contributed by atoms with Crippen molar-refractivity contribution in [3.8, 4) is 0 Å². The second-order valence-corrected chi connectivity index (χ2v) is 11.8. The van der Waals surface area contributed by atoms with Crippen LogP contribution in [0.5, 0.6) is 0 Å². The van der Waals surface area contributed by atoms with E-state index in [0.29, 0.717) is 6.54 Å². The lowest BCUT2D eigenvalue weighted by Crippen LogP contribution is -2.40. The summed E-state index contributed by atoms with van der Waals surface area (Å²) in [7, 11) is -2.50. The van der Waals surface area contributed by atoms with E-state index in [4.69, 9.17) is 9.82 Å². The van der Waals surface area contributed by atoms with Crippen LogP contribution in [-0.2, 0) is 30.8 Å². The molecule has 0 bridgehead atoms. The van der Waals surface area contributed by atoms with Crippen LogP contribution in [0.3, 0.4) is 0 Å². The van der Waals surface area contributed by atoms with Gasteiger partial charge in [0.25, 0.3) is 0 Å². The molecule has 9 nitrogen and oxygen atoms in total. The van der Waals surface area contributed by atoms with Crippen LogP contribution in [0.25, 0.3) is 0 Å². The summed E-state index contributed by atoms with van der Waals surface area (Å²) in [5.74, 6) is -0.690. The molecule has 0 amide bonds. The van der Waals surface area contributed by atoms with Gasteiger partial charge in [0, 0.05) is 12.2 Å². The van der Waals surface area contributed by atoms with Gasteiger partial charge in [-0.15, -0.1) is 0 Å². The molecule has 212 valence electrons. The Kier molecular flexibility index (Phi) is 10.7. The molecule has 0 radical (unpaired) electrons. The van der Waals surface area contributed by atoms with Crippen molar-refractivity contribution < 1.29 is 22.8 Å². The van der Waals surface area contributed by atoms with Crippen LogP contribution in [0.4, 0.5) is 5.69 Å². The zero-order valence-electron chi connectivity index (χ0n) is 23.7. The number of sulfonamides is 1. The van der Waals surface area contributed by atoms with E-state index in [-0.39, 0.29) is 29.3 Å². The summed E-state index contributed by atoms with van der Waals surface area (Å²) in [6.45, 7) is 11.3. The van der Waals surface area contributed by atoms with Gasteiger partial charge in [0.05, 0.1) is 48.6 Å². The van der Waals surface area contributed by atoms with Crippen molar-refractivity contribution >= 4 is 27.9 Å². The number of hydrogen-bond acceptors (Lipinski definition) is 8. The molecule has 2 aromatic rings. The molecule has 10 heteroatoms. The molecule has 0 fully saturated rings. The number of ether oxygens (including phenoxy) is 1. The van der Waals surface area contributed by atoms with Gasteiger partial charge in [-0.3, -0.25) is 9.78 Å². The van der Waals surface area contributed by atoms with Crippen molar-refractivity contribution in [3.05, 3.63) is 65.0 Å². The summed E-state index contributed by atoms with van der Waals surface area (Å²) in [6, 6.07) is 8.11. The molecule has 39 heavy (non-hydrogen) atoms. The third kappa shape index (κ3) is 8.63. The number of methoxy groups -OCH3 is 1. The first-order valence-corrected chi connectivity index (χ1v) is 14.7. The molecule has 1 aliphatic rings. The third-order valence-corrected chi connectivity index (χ3v) is 8.26. The highest BCUT2D eigenvalue weighted by Gasteiger charge is 2.24. The van der Waals surface area contributed by atoms with E-state index in [2.05, 4.69) is 32.5 Å². The Morgan fingerprint density at radius 3 is 2.62 bits per heavy atom. The van der Waals surface area contributed by atoms with Gasteiger partial charge in [0.15, 0.2) is 0 Å². The largest absolute Gasteiger partial charge is 0.469 e. The minimum atomic E-state index is -3.82. The molecule has 1 aromatic carbocycles. The molecule has 3 atom stereocenters. The number of pyridine rings is 1. The number of carbonyl (C=O) groups is 1. The SMILES string of the molecule is COC(=O)CC=C[C@@H](C)[C@@H](C=NOC(C)CN1CCCc2nc(C)c(C)cc21)NS(=O)(=O)c1ccc(C)cc1. The van der Waals surface area contributed by atoms with Crippen LogP contribution in [-0.4, -0.2) is 57.9 Å². The maximum atomic E-state index is 13.1. The van der Waals surface area contributed by atoms with Crippen LogP contribution in [0, 0.1) is 26.7 Å². The van der Waals surface area contributed by atoms with Crippen molar-refractivity contribution in [1.82, 2.24) is 9.71 Å². The number of oxime groups is 1. The second-order valence-electron chi connectivity index (χ2n) is 10.1. The highest BCUT2D eigenvalue weighted by atomic mass is 32.2. The Balaban J connectivity index is 1.71. The average molecular weight is 557 g/mol. The molecular weight excluding hydrogens is 516 g/mol. The maximum absolute atomic E-state index is 13.1. The Morgan fingerprint density at radius 2 is 1.92 bits per heavy atom. The second kappa shape index (κ2) is 13.7. The molecule has 0 aliphatic carbocycles.